The van der Waals surface area contributed by atoms with Gasteiger partial charge in [0, 0.05) is 9.79 Å². The molecule has 0 aromatic heterocycles. The normalized spacial score (nSPS) is 14.3. The molecule has 1 unspecified atom stereocenters. The maximum absolute atomic E-state index is 12.1. The van der Waals surface area contributed by atoms with Gasteiger partial charge in [0.25, 0.3) is 0 Å². The summed E-state index contributed by atoms with van der Waals surface area (Å²) in [6.45, 7) is 0.177. The second-order valence-corrected chi connectivity index (χ2v) is 6.68. The van der Waals surface area contributed by atoms with Gasteiger partial charge in [0.1, 0.15) is 0 Å². The number of aliphatic hydroxyl groups excluding tert-OH is 1. The van der Waals surface area contributed by atoms with E-state index in [1.54, 1.807) is 18.0 Å². The fraction of sp³-hybridized carbons (Fsp3) is 0.188. The first-order chi connectivity index (χ1) is 10.2. The van der Waals surface area contributed by atoms with E-state index in [1.807, 2.05) is 41.3 Å². The van der Waals surface area contributed by atoms with Crippen molar-refractivity contribution in [3.8, 4) is 0 Å². The summed E-state index contributed by atoms with van der Waals surface area (Å²) in [5.74, 6) is -0.181. The Morgan fingerprint density at radius 2 is 1.67 bits per heavy atom. The number of fused-ring (bicyclic) bond motifs is 2. The summed E-state index contributed by atoms with van der Waals surface area (Å²) in [6.07, 6.45) is 1.73. The van der Waals surface area contributed by atoms with Crippen molar-refractivity contribution in [2.75, 3.05) is 17.7 Å². The predicted octanol–water partition coefficient (Wildman–Crippen LogP) is 3.54. The average molecular weight is 317 g/mol. The molecule has 0 radical (unpaired) electrons. The average Bonchev–Trinajstić information content (AvgIpc) is 2.53. The molecule has 1 aliphatic rings. The maximum Gasteiger partial charge on any atom is 0.191 e. The molecular weight excluding hydrogens is 302 g/mol. The zero-order chi connectivity index (χ0) is 14.8. The van der Waals surface area contributed by atoms with Gasteiger partial charge in [-0.1, -0.05) is 36.0 Å². The molecule has 108 valence electrons. The maximum atomic E-state index is 12.1. The number of para-hydroxylation sites is 2. The lowest BCUT2D eigenvalue weighted by molar-refractivity contribution is -0.121. The molecule has 0 amide bonds. The smallest absolute Gasteiger partial charge is 0.191 e. The third-order valence-electron chi connectivity index (χ3n) is 3.34. The molecule has 0 saturated heterocycles. The number of thioether (sulfide) groups is 1. The topological polar surface area (TPSA) is 40.5 Å². The van der Waals surface area contributed by atoms with Crippen molar-refractivity contribution in [1.29, 1.82) is 0 Å². The molecule has 1 aliphatic heterocycles. The molecule has 3 nitrogen and oxygen atoms in total. The largest absolute Gasteiger partial charge is 0.375 e. The number of hydrogen-bond acceptors (Lipinski definition) is 5. The number of carbonyl (C=O) groups excluding carboxylic acids is 1. The highest BCUT2D eigenvalue weighted by molar-refractivity contribution is 8.00. The number of carbonyl (C=O) groups is 1. The zero-order valence-electron chi connectivity index (χ0n) is 11.5. The van der Waals surface area contributed by atoms with Gasteiger partial charge in [0.2, 0.25) is 0 Å². The van der Waals surface area contributed by atoms with Gasteiger partial charge in [-0.25, -0.2) is 0 Å². The number of anilines is 2. The van der Waals surface area contributed by atoms with Crippen LogP contribution in [0.5, 0.6) is 0 Å². The van der Waals surface area contributed by atoms with Crippen LogP contribution in [0.3, 0.4) is 0 Å². The van der Waals surface area contributed by atoms with Gasteiger partial charge < -0.3 is 10.0 Å². The Bertz CT molecular complexity index is 629. The Morgan fingerprint density at radius 3 is 2.19 bits per heavy atom. The van der Waals surface area contributed by atoms with E-state index in [2.05, 4.69) is 12.1 Å². The van der Waals surface area contributed by atoms with Crippen LogP contribution < -0.4 is 4.90 Å². The number of Topliss-reactive ketones (excluding diaryl/α,β-unsaturated/α-hetero) is 1. The first-order valence-electron chi connectivity index (χ1n) is 6.57. The van der Waals surface area contributed by atoms with E-state index >= 15 is 0 Å². The van der Waals surface area contributed by atoms with Gasteiger partial charge in [-0.2, -0.15) is 0 Å². The van der Waals surface area contributed by atoms with Crippen molar-refractivity contribution in [3.63, 3.8) is 0 Å². The van der Waals surface area contributed by atoms with E-state index in [9.17, 15) is 9.90 Å². The third-order valence-corrected chi connectivity index (χ3v) is 5.18. The van der Waals surface area contributed by atoms with Gasteiger partial charge >= 0.3 is 0 Å². The summed E-state index contributed by atoms with van der Waals surface area (Å²) in [4.78, 5) is 16.4. The molecule has 1 N–H and O–H groups in total. The molecule has 0 aliphatic carbocycles. The van der Waals surface area contributed by atoms with E-state index in [0.29, 0.717) is 0 Å². The zero-order valence-corrected chi connectivity index (χ0v) is 13.2. The predicted molar refractivity (Wildman–Crippen MR) is 88.5 cm³/mol. The summed E-state index contributed by atoms with van der Waals surface area (Å²) in [6, 6.07) is 16.1. The molecule has 3 rings (SSSR count). The quantitative estimate of drug-likeness (QED) is 0.874. The number of nitrogens with zero attached hydrogens (tertiary/aromatic N) is 1. The summed E-state index contributed by atoms with van der Waals surface area (Å²) < 4.78 is 0. The highest BCUT2D eigenvalue weighted by atomic mass is 32.2. The van der Waals surface area contributed by atoms with Crippen molar-refractivity contribution in [1.82, 2.24) is 0 Å². The first-order valence-corrected chi connectivity index (χ1v) is 8.68. The van der Waals surface area contributed by atoms with Crippen molar-refractivity contribution >= 4 is 40.7 Å². The van der Waals surface area contributed by atoms with Gasteiger partial charge in [-0.15, -0.1) is 11.8 Å². The van der Waals surface area contributed by atoms with E-state index in [0.717, 1.165) is 32.9 Å². The molecule has 2 aromatic carbocycles. The number of ketones is 1. The van der Waals surface area contributed by atoms with Crippen molar-refractivity contribution in [2.45, 2.75) is 15.2 Å². The Kier molecular flexibility index (Phi) is 4.24. The minimum absolute atomic E-state index is 0.177. The van der Waals surface area contributed by atoms with E-state index in [4.69, 9.17) is 0 Å². The fourth-order valence-corrected chi connectivity index (χ4v) is 3.75. The Hall–Kier alpha value is -1.43. The Morgan fingerprint density at radius 1 is 1.14 bits per heavy atom. The van der Waals surface area contributed by atoms with Crippen molar-refractivity contribution in [2.24, 2.45) is 0 Å². The van der Waals surface area contributed by atoms with Crippen LogP contribution >= 0.6 is 23.5 Å². The van der Waals surface area contributed by atoms with Crippen molar-refractivity contribution in [3.05, 3.63) is 48.5 Å². The number of benzene rings is 2. The molecule has 1 atom stereocenters. The molecule has 0 spiro atoms. The van der Waals surface area contributed by atoms with Crippen LogP contribution in [-0.2, 0) is 4.79 Å². The first kappa shape index (κ1) is 14.5. The summed E-state index contributed by atoms with van der Waals surface area (Å²) in [7, 11) is 0. The number of hydrogen-bond donors (Lipinski definition) is 1. The highest BCUT2D eigenvalue weighted by Gasteiger charge is 2.26. The Balaban J connectivity index is 2.01. The minimum atomic E-state index is -0.973. The van der Waals surface area contributed by atoms with Crippen LogP contribution in [0.2, 0.25) is 0 Å². The van der Waals surface area contributed by atoms with Gasteiger partial charge in [0.05, 0.1) is 17.9 Å². The van der Waals surface area contributed by atoms with Crippen LogP contribution in [-0.4, -0.2) is 29.1 Å². The summed E-state index contributed by atoms with van der Waals surface area (Å²) in [5, 5.41) is 9.73. The second kappa shape index (κ2) is 6.13. The van der Waals surface area contributed by atoms with E-state index in [1.165, 1.54) is 0 Å². The van der Waals surface area contributed by atoms with Gasteiger partial charge in [-0.05, 0) is 30.5 Å². The second-order valence-electron chi connectivity index (χ2n) is 4.68. The monoisotopic (exact) mass is 317 g/mol. The van der Waals surface area contributed by atoms with E-state index < -0.39 is 5.44 Å². The van der Waals surface area contributed by atoms with Crippen LogP contribution in [0.15, 0.2) is 58.3 Å². The highest BCUT2D eigenvalue weighted by Crippen LogP contribution is 2.47. The SMILES string of the molecule is CSC(O)C(=O)CN1c2ccccc2Sc2ccccc21. The number of rotatable bonds is 4. The standard InChI is InChI=1S/C16H15NO2S2/c1-20-16(19)13(18)10-17-11-6-2-4-8-14(11)21-15-9-5-3-7-12(15)17/h2-9,16,19H,10H2,1H3. The molecule has 2 aromatic rings. The fourth-order valence-electron chi connectivity index (χ4n) is 2.32. The molecule has 1 heterocycles. The molecule has 0 fully saturated rings. The van der Waals surface area contributed by atoms with Crippen LogP contribution in [0, 0.1) is 0 Å². The third kappa shape index (κ3) is 2.81. The molecular formula is C16H15NO2S2. The van der Waals surface area contributed by atoms with Gasteiger partial charge in [0.15, 0.2) is 11.2 Å². The lowest BCUT2D eigenvalue weighted by Crippen LogP contribution is -2.32. The molecule has 21 heavy (non-hydrogen) atoms. The van der Waals surface area contributed by atoms with Gasteiger partial charge in [-0.3, -0.25) is 4.79 Å². The minimum Gasteiger partial charge on any atom is -0.375 e. The van der Waals surface area contributed by atoms with E-state index in [-0.39, 0.29) is 12.3 Å². The number of aliphatic hydroxyl groups is 1. The molecule has 0 saturated carbocycles. The van der Waals surface area contributed by atoms with Crippen LogP contribution in [0.25, 0.3) is 0 Å². The summed E-state index contributed by atoms with van der Waals surface area (Å²) in [5.41, 5.74) is 1.06. The molecule has 0 bridgehead atoms. The van der Waals surface area contributed by atoms with Crippen LogP contribution in [0.4, 0.5) is 11.4 Å². The van der Waals surface area contributed by atoms with Crippen molar-refractivity contribution < 1.29 is 9.90 Å². The Labute approximate surface area is 132 Å². The molecule has 5 heteroatoms. The van der Waals surface area contributed by atoms with Crippen LogP contribution in [0.1, 0.15) is 0 Å². The lowest BCUT2D eigenvalue weighted by Gasteiger charge is -2.32. The lowest BCUT2D eigenvalue weighted by atomic mass is 10.2. The summed E-state index contributed by atoms with van der Waals surface area (Å²) >= 11 is 2.87.